The summed E-state index contributed by atoms with van der Waals surface area (Å²) in [7, 11) is 0. The summed E-state index contributed by atoms with van der Waals surface area (Å²) in [5, 5.41) is 16.3. The van der Waals surface area contributed by atoms with Gasteiger partial charge < -0.3 is 10.4 Å². The monoisotopic (exact) mass is 417 g/mol. The minimum atomic E-state index is -0.382. The number of phenols is 1. The molecule has 7 heteroatoms. The van der Waals surface area contributed by atoms with Gasteiger partial charge in [0.1, 0.15) is 5.75 Å². The molecular formula is C19H20BrN3O3. The summed E-state index contributed by atoms with van der Waals surface area (Å²) in [6, 6.07) is 10.6. The Labute approximate surface area is 160 Å². The zero-order valence-electron chi connectivity index (χ0n) is 14.5. The number of carbonyl (C=O) groups is 2. The first-order valence-electron chi connectivity index (χ1n) is 8.03. The molecule has 136 valence electrons. The number of benzene rings is 2. The number of nitrogens with zero attached hydrogens (tertiary/aromatic N) is 1. The third-order valence-corrected chi connectivity index (χ3v) is 4.20. The summed E-state index contributed by atoms with van der Waals surface area (Å²) in [4.78, 5) is 23.8. The molecule has 0 aliphatic heterocycles. The molecular weight excluding hydrogens is 398 g/mol. The van der Waals surface area contributed by atoms with Crippen LogP contribution in [0.4, 0.5) is 5.69 Å². The van der Waals surface area contributed by atoms with Gasteiger partial charge in [0.15, 0.2) is 0 Å². The molecule has 0 radical (unpaired) electrons. The van der Waals surface area contributed by atoms with Crippen molar-refractivity contribution in [2.45, 2.75) is 26.7 Å². The van der Waals surface area contributed by atoms with Gasteiger partial charge in [0.05, 0.1) is 6.21 Å². The minimum Gasteiger partial charge on any atom is -0.507 e. The summed E-state index contributed by atoms with van der Waals surface area (Å²) in [5.41, 5.74) is 5.53. The number of amides is 2. The lowest BCUT2D eigenvalue weighted by Crippen LogP contribution is -2.21. The summed E-state index contributed by atoms with van der Waals surface area (Å²) >= 11 is 3.29. The Morgan fingerprint density at radius 2 is 1.77 bits per heavy atom. The molecule has 26 heavy (non-hydrogen) atoms. The van der Waals surface area contributed by atoms with Crippen LogP contribution < -0.4 is 10.7 Å². The van der Waals surface area contributed by atoms with Crippen molar-refractivity contribution in [2.24, 2.45) is 5.10 Å². The molecule has 0 aliphatic rings. The Hall–Kier alpha value is -2.67. The number of rotatable bonds is 6. The largest absolute Gasteiger partial charge is 0.507 e. The van der Waals surface area contributed by atoms with Crippen molar-refractivity contribution in [3.05, 3.63) is 57.6 Å². The molecule has 0 spiro atoms. The van der Waals surface area contributed by atoms with Gasteiger partial charge in [-0.2, -0.15) is 5.10 Å². The average molecular weight is 418 g/mol. The van der Waals surface area contributed by atoms with Crippen LogP contribution in [-0.2, 0) is 9.59 Å². The highest BCUT2D eigenvalue weighted by molar-refractivity contribution is 9.10. The number of aryl methyl sites for hydroxylation is 2. The normalized spacial score (nSPS) is 10.7. The fourth-order valence-electron chi connectivity index (χ4n) is 2.30. The molecule has 0 bridgehead atoms. The number of hydrazone groups is 1. The molecule has 0 heterocycles. The van der Waals surface area contributed by atoms with Gasteiger partial charge in [0, 0.05) is 28.6 Å². The molecule has 0 aliphatic carbocycles. The van der Waals surface area contributed by atoms with Gasteiger partial charge in [-0.3, -0.25) is 9.59 Å². The van der Waals surface area contributed by atoms with E-state index in [1.165, 1.54) is 12.3 Å². The Balaban J connectivity index is 1.82. The molecule has 0 fully saturated rings. The minimum absolute atomic E-state index is 0.0125. The molecule has 0 aromatic heterocycles. The van der Waals surface area contributed by atoms with Crippen molar-refractivity contribution in [2.75, 3.05) is 5.32 Å². The van der Waals surface area contributed by atoms with Crippen molar-refractivity contribution in [1.82, 2.24) is 5.43 Å². The lowest BCUT2D eigenvalue weighted by molar-refractivity contribution is -0.124. The first-order valence-corrected chi connectivity index (χ1v) is 8.82. The second-order valence-electron chi connectivity index (χ2n) is 5.81. The second-order valence-corrected chi connectivity index (χ2v) is 6.73. The highest BCUT2D eigenvalue weighted by Gasteiger charge is 2.09. The van der Waals surface area contributed by atoms with Crippen LogP contribution in [0.25, 0.3) is 0 Å². The molecule has 0 saturated carbocycles. The summed E-state index contributed by atoms with van der Waals surface area (Å²) in [6.07, 6.45) is 1.41. The van der Waals surface area contributed by atoms with Gasteiger partial charge in [-0.1, -0.05) is 34.1 Å². The van der Waals surface area contributed by atoms with E-state index >= 15 is 0 Å². The van der Waals surface area contributed by atoms with Gasteiger partial charge in [0.2, 0.25) is 11.8 Å². The lowest BCUT2D eigenvalue weighted by Gasteiger charge is -2.11. The first kappa shape index (κ1) is 19.7. The van der Waals surface area contributed by atoms with Gasteiger partial charge >= 0.3 is 0 Å². The van der Waals surface area contributed by atoms with E-state index in [0.29, 0.717) is 5.56 Å². The zero-order chi connectivity index (χ0) is 19.1. The fourth-order valence-corrected chi connectivity index (χ4v) is 2.68. The third kappa shape index (κ3) is 5.70. The van der Waals surface area contributed by atoms with Crippen molar-refractivity contribution >= 4 is 39.6 Å². The topological polar surface area (TPSA) is 90.8 Å². The van der Waals surface area contributed by atoms with Gasteiger partial charge in [-0.25, -0.2) is 5.43 Å². The van der Waals surface area contributed by atoms with Crippen LogP contribution >= 0.6 is 15.9 Å². The van der Waals surface area contributed by atoms with E-state index in [0.717, 1.165) is 21.3 Å². The van der Waals surface area contributed by atoms with Crippen LogP contribution in [-0.4, -0.2) is 23.1 Å². The lowest BCUT2D eigenvalue weighted by atomic mass is 10.1. The molecule has 2 aromatic rings. The second kappa shape index (κ2) is 9.15. The standard InChI is InChI=1S/C19H20BrN3O3/c1-12-4-3-5-13(2)19(12)22-17(25)8-9-18(26)23-21-11-14-10-15(20)6-7-16(14)24/h3-7,10-11,24H,8-9H2,1-2H3,(H,22,25)(H,23,26)/b21-11-. The Kier molecular flexibility index (Phi) is 6.91. The maximum absolute atomic E-state index is 12.0. The van der Waals surface area contributed by atoms with Gasteiger partial charge in [-0.05, 0) is 43.2 Å². The fraction of sp³-hybridized carbons (Fsp3) is 0.211. The third-order valence-electron chi connectivity index (χ3n) is 3.71. The zero-order valence-corrected chi connectivity index (χ0v) is 16.1. The van der Waals surface area contributed by atoms with Crippen LogP contribution in [0.15, 0.2) is 46.0 Å². The van der Waals surface area contributed by atoms with Crippen LogP contribution in [0, 0.1) is 13.8 Å². The predicted molar refractivity (Wildman–Crippen MR) is 105 cm³/mol. The number of para-hydroxylation sites is 1. The van der Waals surface area contributed by atoms with Crippen LogP contribution in [0.1, 0.15) is 29.5 Å². The molecule has 2 rings (SSSR count). The maximum Gasteiger partial charge on any atom is 0.240 e. The van der Waals surface area contributed by atoms with E-state index in [4.69, 9.17) is 0 Å². The first-order chi connectivity index (χ1) is 12.4. The van der Waals surface area contributed by atoms with Gasteiger partial charge in [-0.15, -0.1) is 0 Å². The average Bonchev–Trinajstić information content (AvgIpc) is 2.59. The van der Waals surface area contributed by atoms with Crippen molar-refractivity contribution in [1.29, 1.82) is 0 Å². The predicted octanol–water partition coefficient (Wildman–Crippen LogP) is 3.64. The smallest absolute Gasteiger partial charge is 0.240 e. The molecule has 6 nitrogen and oxygen atoms in total. The number of nitrogens with one attached hydrogen (secondary N) is 2. The van der Waals surface area contributed by atoms with Crippen molar-refractivity contribution < 1.29 is 14.7 Å². The number of hydrogen-bond acceptors (Lipinski definition) is 4. The number of anilines is 1. The molecule has 2 aromatic carbocycles. The van der Waals surface area contributed by atoms with E-state index < -0.39 is 0 Å². The van der Waals surface area contributed by atoms with E-state index in [-0.39, 0.29) is 30.4 Å². The SMILES string of the molecule is Cc1cccc(C)c1NC(=O)CCC(=O)N/N=C\c1cc(Br)ccc1O. The van der Waals surface area contributed by atoms with Crippen LogP contribution in [0.3, 0.4) is 0 Å². The van der Waals surface area contributed by atoms with E-state index in [2.05, 4.69) is 31.8 Å². The molecule has 3 N–H and O–H groups in total. The highest BCUT2D eigenvalue weighted by atomic mass is 79.9. The summed E-state index contributed by atoms with van der Waals surface area (Å²) < 4.78 is 0.784. The maximum atomic E-state index is 12.0. The Morgan fingerprint density at radius 1 is 1.12 bits per heavy atom. The molecule has 0 atom stereocenters. The van der Waals surface area contributed by atoms with Gasteiger partial charge in [0.25, 0.3) is 0 Å². The van der Waals surface area contributed by atoms with Crippen molar-refractivity contribution in [3.8, 4) is 5.75 Å². The van der Waals surface area contributed by atoms with E-state index in [9.17, 15) is 14.7 Å². The number of carbonyl (C=O) groups excluding carboxylic acids is 2. The molecule has 2 amide bonds. The Bertz CT molecular complexity index is 830. The number of hydrogen-bond donors (Lipinski definition) is 3. The highest BCUT2D eigenvalue weighted by Crippen LogP contribution is 2.20. The summed E-state index contributed by atoms with van der Waals surface area (Å²) in [6.45, 7) is 3.84. The molecule has 0 unspecified atom stereocenters. The van der Waals surface area contributed by atoms with E-state index in [1.807, 2.05) is 32.0 Å². The Morgan fingerprint density at radius 3 is 2.46 bits per heavy atom. The number of phenolic OH excluding ortho intramolecular Hbond substituents is 1. The summed E-state index contributed by atoms with van der Waals surface area (Å²) in [5.74, 6) is -0.558. The number of halogens is 1. The van der Waals surface area contributed by atoms with Crippen molar-refractivity contribution in [3.63, 3.8) is 0 Å². The number of aromatic hydroxyl groups is 1. The van der Waals surface area contributed by atoms with Crippen LogP contribution in [0.5, 0.6) is 5.75 Å². The molecule has 0 saturated heterocycles. The quantitative estimate of drug-likeness (QED) is 0.494. The van der Waals surface area contributed by atoms with Crippen LogP contribution in [0.2, 0.25) is 0 Å². The van der Waals surface area contributed by atoms with E-state index in [1.54, 1.807) is 12.1 Å².